The largest absolute Gasteiger partial charge is 0.339 e. The van der Waals surface area contributed by atoms with Crippen molar-refractivity contribution in [2.45, 2.75) is 26.3 Å². The summed E-state index contributed by atoms with van der Waals surface area (Å²) >= 11 is 7.44. The van der Waals surface area contributed by atoms with Crippen molar-refractivity contribution in [2.75, 3.05) is 6.54 Å². The standard InChI is InChI=1S/C18H18ClN3O2S/c1-12(2)22(18(23)15-7-4-10-25-15)9-8-16-20-17(21-24-16)13-5-3-6-14(19)11-13/h3-7,10-12H,8-9H2,1-2H3. The van der Waals surface area contributed by atoms with E-state index in [4.69, 9.17) is 16.1 Å². The van der Waals surface area contributed by atoms with E-state index in [1.165, 1.54) is 11.3 Å². The van der Waals surface area contributed by atoms with Gasteiger partial charge in [-0.3, -0.25) is 4.79 Å². The number of thiophene rings is 1. The summed E-state index contributed by atoms with van der Waals surface area (Å²) in [5.74, 6) is 1.03. The van der Waals surface area contributed by atoms with Crippen molar-refractivity contribution >= 4 is 28.8 Å². The van der Waals surface area contributed by atoms with Gasteiger partial charge in [0, 0.05) is 29.6 Å². The molecular formula is C18H18ClN3O2S. The summed E-state index contributed by atoms with van der Waals surface area (Å²) in [4.78, 5) is 19.5. The summed E-state index contributed by atoms with van der Waals surface area (Å²) in [5.41, 5.74) is 0.804. The molecular weight excluding hydrogens is 358 g/mol. The number of rotatable bonds is 6. The highest BCUT2D eigenvalue weighted by Crippen LogP contribution is 2.20. The maximum Gasteiger partial charge on any atom is 0.264 e. The fraction of sp³-hybridized carbons (Fsp3) is 0.278. The Morgan fingerprint density at radius 2 is 2.16 bits per heavy atom. The van der Waals surface area contributed by atoms with Crippen molar-refractivity contribution in [1.82, 2.24) is 15.0 Å². The Labute approximate surface area is 155 Å². The summed E-state index contributed by atoms with van der Waals surface area (Å²) in [6.07, 6.45) is 0.503. The molecule has 3 rings (SSSR count). The van der Waals surface area contributed by atoms with Gasteiger partial charge in [0.15, 0.2) is 0 Å². The zero-order chi connectivity index (χ0) is 17.8. The molecule has 1 amide bonds. The summed E-state index contributed by atoms with van der Waals surface area (Å²) in [5, 5.41) is 6.52. The first-order valence-electron chi connectivity index (χ1n) is 7.97. The summed E-state index contributed by atoms with van der Waals surface area (Å²) in [7, 11) is 0. The Kier molecular flexibility index (Phi) is 5.50. The van der Waals surface area contributed by atoms with E-state index in [-0.39, 0.29) is 11.9 Å². The number of carbonyl (C=O) groups excluding carboxylic acids is 1. The molecule has 2 heterocycles. The van der Waals surface area contributed by atoms with Crippen molar-refractivity contribution in [3.8, 4) is 11.4 Å². The minimum Gasteiger partial charge on any atom is -0.339 e. The van der Waals surface area contributed by atoms with Crippen LogP contribution in [0.3, 0.4) is 0 Å². The number of hydrogen-bond donors (Lipinski definition) is 0. The highest BCUT2D eigenvalue weighted by molar-refractivity contribution is 7.12. The highest BCUT2D eigenvalue weighted by Gasteiger charge is 2.20. The number of hydrogen-bond acceptors (Lipinski definition) is 5. The number of nitrogens with zero attached hydrogens (tertiary/aromatic N) is 3. The third kappa shape index (κ3) is 4.27. The molecule has 0 fully saturated rings. The summed E-state index contributed by atoms with van der Waals surface area (Å²) < 4.78 is 5.32. The van der Waals surface area contributed by atoms with Gasteiger partial charge in [-0.05, 0) is 37.4 Å². The maximum atomic E-state index is 12.6. The van der Waals surface area contributed by atoms with Crippen LogP contribution in [-0.4, -0.2) is 33.5 Å². The molecule has 0 N–H and O–H groups in total. The van der Waals surface area contributed by atoms with Crippen molar-refractivity contribution < 1.29 is 9.32 Å². The van der Waals surface area contributed by atoms with Gasteiger partial charge in [-0.2, -0.15) is 4.98 Å². The van der Waals surface area contributed by atoms with Crippen LogP contribution in [0.1, 0.15) is 29.4 Å². The van der Waals surface area contributed by atoms with Crippen LogP contribution in [0.2, 0.25) is 5.02 Å². The lowest BCUT2D eigenvalue weighted by Gasteiger charge is -2.25. The van der Waals surface area contributed by atoms with E-state index < -0.39 is 0 Å². The topological polar surface area (TPSA) is 59.2 Å². The first kappa shape index (κ1) is 17.6. The van der Waals surface area contributed by atoms with E-state index >= 15 is 0 Å². The first-order chi connectivity index (χ1) is 12.0. The van der Waals surface area contributed by atoms with Crippen LogP contribution in [0, 0.1) is 0 Å². The lowest BCUT2D eigenvalue weighted by atomic mass is 10.2. The van der Waals surface area contributed by atoms with Crippen LogP contribution in [0.15, 0.2) is 46.3 Å². The SMILES string of the molecule is CC(C)N(CCc1nc(-c2cccc(Cl)c2)no1)C(=O)c1cccs1. The van der Waals surface area contributed by atoms with Crippen molar-refractivity contribution in [1.29, 1.82) is 0 Å². The second-order valence-corrected chi connectivity index (χ2v) is 7.23. The molecule has 2 aromatic heterocycles. The monoisotopic (exact) mass is 375 g/mol. The molecule has 0 aliphatic carbocycles. The predicted octanol–water partition coefficient (Wildman–Crippen LogP) is 4.54. The fourth-order valence-corrected chi connectivity index (χ4v) is 3.32. The predicted molar refractivity (Wildman–Crippen MR) is 98.9 cm³/mol. The zero-order valence-corrected chi connectivity index (χ0v) is 15.5. The molecule has 25 heavy (non-hydrogen) atoms. The number of carbonyl (C=O) groups is 1. The molecule has 0 radical (unpaired) electrons. The average Bonchev–Trinajstić information content (AvgIpc) is 3.26. The van der Waals surface area contributed by atoms with E-state index in [0.29, 0.717) is 29.7 Å². The zero-order valence-electron chi connectivity index (χ0n) is 14.0. The third-order valence-electron chi connectivity index (χ3n) is 3.73. The molecule has 0 spiro atoms. The average molecular weight is 376 g/mol. The highest BCUT2D eigenvalue weighted by atomic mass is 35.5. The van der Waals surface area contributed by atoms with Gasteiger partial charge >= 0.3 is 0 Å². The van der Waals surface area contributed by atoms with Crippen LogP contribution >= 0.6 is 22.9 Å². The van der Waals surface area contributed by atoms with Gasteiger partial charge in [0.2, 0.25) is 11.7 Å². The summed E-state index contributed by atoms with van der Waals surface area (Å²) in [6.45, 7) is 4.51. The molecule has 0 bridgehead atoms. The third-order valence-corrected chi connectivity index (χ3v) is 4.83. The van der Waals surface area contributed by atoms with E-state index in [2.05, 4.69) is 10.1 Å². The second kappa shape index (κ2) is 7.80. The summed E-state index contributed by atoms with van der Waals surface area (Å²) in [6, 6.07) is 11.1. The molecule has 130 valence electrons. The Balaban J connectivity index is 1.69. The maximum absolute atomic E-state index is 12.6. The fourth-order valence-electron chi connectivity index (χ4n) is 2.45. The number of aromatic nitrogens is 2. The van der Waals surface area contributed by atoms with Crippen molar-refractivity contribution in [3.05, 3.63) is 57.6 Å². The molecule has 3 aromatic rings. The van der Waals surface area contributed by atoms with E-state index in [1.54, 1.807) is 12.1 Å². The molecule has 7 heteroatoms. The van der Waals surface area contributed by atoms with Crippen LogP contribution in [0.5, 0.6) is 0 Å². The van der Waals surface area contributed by atoms with Gasteiger partial charge in [-0.25, -0.2) is 0 Å². The first-order valence-corrected chi connectivity index (χ1v) is 9.23. The van der Waals surface area contributed by atoms with Crippen molar-refractivity contribution in [2.24, 2.45) is 0 Å². The molecule has 0 saturated heterocycles. The minimum atomic E-state index is 0.0274. The smallest absolute Gasteiger partial charge is 0.264 e. The van der Waals surface area contributed by atoms with Crippen LogP contribution in [0.25, 0.3) is 11.4 Å². The number of halogens is 1. The van der Waals surface area contributed by atoms with Crippen LogP contribution in [-0.2, 0) is 6.42 Å². The molecule has 0 aliphatic rings. The Morgan fingerprint density at radius 1 is 1.32 bits per heavy atom. The van der Waals surface area contributed by atoms with Gasteiger partial charge in [0.25, 0.3) is 5.91 Å². The van der Waals surface area contributed by atoms with Gasteiger partial charge in [-0.1, -0.05) is 35.0 Å². The Hall–Kier alpha value is -2.18. The van der Waals surface area contributed by atoms with E-state index in [9.17, 15) is 4.79 Å². The molecule has 0 atom stereocenters. The lowest BCUT2D eigenvalue weighted by Crippen LogP contribution is -2.38. The van der Waals surface area contributed by atoms with Crippen LogP contribution in [0.4, 0.5) is 0 Å². The Morgan fingerprint density at radius 3 is 2.84 bits per heavy atom. The lowest BCUT2D eigenvalue weighted by molar-refractivity contribution is 0.0709. The molecule has 5 nitrogen and oxygen atoms in total. The van der Waals surface area contributed by atoms with Gasteiger partial charge in [-0.15, -0.1) is 11.3 Å². The van der Waals surface area contributed by atoms with E-state index in [0.717, 1.165) is 10.4 Å². The van der Waals surface area contributed by atoms with Gasteiger partial charge in [0.1, 0.15) is 0 Å². The van der Waals surface area contributed by atoms with E-state index in [1.807, 2.05) is 48.4 Å². The number of amides is 1. The number of benzene rings is 1. The second-order valence-electron chi connectivity index (χ2n) is 5.84. The normalized spacial score (nSPS) is 11.0. The molecule has 0 aliphatic heterocycles. The quantitative estimate of drug-likeness (QED) is 0.634. The van der Waals surface area contributed by atoms with Crippen LogP contribution < -0.4 is 0 Å². The van der Waals surface area contributed by atoms with Gasteiger partial charge < -0.3 is 9.42 Å². The minimum absolute atomic E-state index is 0.0274. The molecule has 0 saturated carbocycles. The molecule has 0 unspecified atom stereocenters. The molecule has 1 aromatic carbocycles. The van der Waals surface area contributed by atoms with Gasteiger partial charge in [0.05, 0.1) is 4.88 Å². The van der Waals surface area contributed by atoms with Crippen molar-refractivity contribution in [3.63, 3.8) is 0 Å². The Bertz CT molecular complexity index is 846.